The van der Waals surface area contributed by atoms with Gasteiger partial charge in [-0.05, 0) is 82.3 Å². The molecule has 0 spiro atoms. The van der Waals surface area contributed by atoms with Crippen molar-refractivity contribution in [2.45, 2.75) is 47.5 Å². The van der Waals surface area contributed by atoms with E-state index < -0.39 is 0 Å². The molecule has 30 heavy (non-hydrogen) atoms. The van der Waals surface area contributed by atoms with Crippen LogP contribution in [0, 0.1) is 51.9 Å². The Morgan fingerprint density at radius 2 is 1.67 bits per heavy atom. The number of hydrogen-bond donors (Lipinski definition) is 0. The van der Waals surface area contributed by atoms with Gasteiger partial charge in [-0.2, -0.15) is 5.26 Å². The number of piperidine rings is 1. The van der Waals surface area contributed by atoms with Crippen LogP contribution in [0.3, 0.4) is 0 Å². The molecular weight excluding hydrogens is 372 g/mol. The standard InChI is InChI=1S/C25H30N4O/c1-15-11-21(30-6)12-16(2)24(15)29-19(5)18(4)23-22(13-17(3)27-25(23)29)28-9-7-20(14-26)8-10-28/h11-13,20H,7-10H2,1-6H3. The average Bonchev–Trinajstić information content (AvgIpc) is 2.97. The van der Waals surface area contributed by atoms with Crippen molar-refractivity contribution < 1.29 is 4.74 Å². The minimum atomic E-state index is 0.178. The van der Waals surface area contributed by atoms with Crippen LogP contribution in [-0.2, 0) is 0 Å². The van der Waals surface area contributed by atoms with Crippen LogP contribution < -0.4 is 9.64 Å². The summed E-state index contributed by atoms with van der Waals surface area (Å²) in [5.74, 6) is 1.06. The molecule has 4 rings (SSSR count). The van der Waals surface area contributed by atoms with Crippen molar-refractivity contribution in [2.75, 3.05) is 25.1 Å². The van der Waals surface area contributed by atoms with Crippen LogP contribution in [0.4, 0.5) is 5.69 Å². The van der Waals surface area contributed by atoms with Gasteiger partial charge < -0.3 is 9.64 Å². The maximum atomic E-state index is 9.27. The normalized spacial score (nSPS) is 14.9. The van der Waals surface area contributed by atoms with E-state index in [2.05, 4.69) is 68.4 Å². The SMILES string of the molecule is COc1cc(C)c(-n2c(C)c(C)c3c(N4CCC(C#N)CC4)cc(C)nc32)c(C)c1. The maximum absolute atomic E-state index is 9.27. The number of ether oxygens (including phenoxy) is 1. The molecule has 1 aliphatic rings. The van der Waals surface area contributed by atoms with E-state index in [1.165, 1.54) is 39.1 Å². The van der Waals surface area contributed by atoms with E-state index in [0.29, 0.717) is 0 Å². The first kappa shape index (κ1) is 20.3. The molecule has 0 unspecified atom stereocenters. The summed E-state index contributed by atoms with van der Waals surface area (Å²) in [6.07, 6.45) is 1.85. The lowest BCUT2D eigenvalue weighted by Crippen LogP contribution is -2.33. The number of methoxy groups -OCH3 is 1. The zero-order valence-corrected chi connectivity index (χ0v) is 18.8. The van der Waals surface area contributed by atoms with Gasteiger partial charge in [0.15, 0.2) is 0 Å². The first-order valence-electron chi connectivity index (χ1n) is 10.6. The molecule has 156 valence electrons. The Kier molecular flexibility index (Phi) is 5.19. The molecule has 2 aromatic heterocycles. The monoisotopic (exact) mass is 402 g/mol. The number of rotatable bonds is 3. The summed E-state index contributed by atoms with van der Waals surface area (Å²) in [7, 11) is 1.71. The summed E-state index contributed by atoms with van der Waals surface area (Å²) in [4.78, 5) is 7.44. The van der Waals surface area contributed by atoms with E-state index >= 15 is 0 Å². The Balaban J connectivity index is 1.94. The zero-order valence-electron chi connectivity index (χ0n) is 18.8. The summed E-state index contributed by atoms with van der Waals surface area (Å²) < 4.78 is 7.78. The van der Waals surface area contributed by atoms with E-state index in [1.54, 1.807) is 7.11 Å². The number of hydrogen-bond acceptors (Lipinski definition) is 4. The van der Waals surface area contributed by atoms with Crippen molar-refractivity contribution in [3.8, 4) is 17.5 Å². The van der Waals surface area contributed by atoms with Gasteiger partial charge in [0.1, 0.15) is 11.4 Å². The summed E-state index contributed by atoms with van der Waals surface area (Å²) in [6, 6.07) is 8.83. The highest BCUT2D eigenvalue weighted by molar-refractivity contribution is 5.96. The topological polar surface area (TPSA) is 54.1 Å². The van der Waals surface area contributed by atoms with E-state index in [-0.39, 0.29) is 5.92 Å². The summed E-state index contributed by atoms with van der Waals surface area (Å²) in [5, 5.41) is 10.5. The molecular formula is C25H30N4O. The molecule has 5 nitrogen and oxygen atoms in total. The summed E-state index contributed by atoms with van der Waals surface area (Å²) >= 11 is 0. The van der Waals surface area contributed by atoms with Crippen LogP contribution in [-0.4, -0.2) is 29.8 Å². The molecule has 0 radical (unpaired) electrons. The average molecular weight is 403 g/mol. The lowest BCUT2D eigenvalue weighted by molar-refractivity contribution is 0.414. The van der Waals surface area contributed by atoms with Gasteiger partial charge in [0.05, 0.1) is 18.9 Å². The zero-order chi connectivity index (χ0) is 21.6. The number of aromatic nitrogens is 2. The third-order valence-electron chi connectivity index (χ3n) is 6.51. The van der Waals surface area contributed by atoms with Crippen LogP contribution in [0.15, 0.2) is 18.2 Å². The molecule has 0 saturated carbocycles. The van der Waals surface area contributed by atoms with Crippen LogP contribution in [0.5, 0.6) is 5.75 Å². The lowest BCUT2D eigenvalue weighted by atomic mass is 9.97. The van der Waals surface area contributed by atoms with E-state index in [9.17, 15) is 5.26 Å². The van der Waals surface area contributed by atoms with Crippen molar-refractivity contribution >= 4 is 16.7 Å². The fourth-order valence-electron chi connectivity index (χ4n) is 4.83. The van der Waals surface area contributed by atoms with Gasteiger partial charge in [-0.25, -0.2) is 4.98 Å². The second kappa shape index (κ2) is 7.68. The molecule has 0 atom stereocenters. The van der Waals surface area contributed by atoms with Crippen molar-refractivity contribution in [1.82, 2.24) is 9.55 Å². The third-order valence-corrected chi connectivity index (χ3v) is 6.51. The van der Waals surface area contributed by atoms with Crippen LogP contribution in [0.25, 0.3) is 16.7 Å². The van der Waals surface area contributed by atoms with Gasteiger partial charge in [0.25, 0.3) is 0 Å². The van der Waals surface area contributed by atoms with E-state index in [4.69, 9.17) is 9.72 Å². The molecule has 1 fully saturated rings. The van der Waals surface area contributed by atoms with E-state index in [1.807, 2.05) is 0 Å². The Labute approximate surface area is 178 Å². The second-order valence-electron chi connectivity index (χ2n) is 8.53. The van der Waals surface area contributed by atoms with Gasteiger partial charge in [-0.1, -0.05) is 0 Å². The smallest absolute Gasteiger partial charge is 0.147 e. The fourth-order valence-corrected chi connectivity index (χ4v) is 4.83. The summed E-state index contributed by atoms with van der Waals surface area (Å²) in [6.45, 7) is 12.6. The lowest BCUT2D eigenvalue weighted by Gasteiger charge is -2.32. The third kappa shape index (κ3) is 3.21. The van der Waals surface area contributed by atoms with Crippen molar-refractivity contribution in [1.29, 1.82) is 5.26 Å². The number of benzene rings is 1. The number of nitriles is 1. The predicted molar refractivity (Wildman–Crippen MR) is 122 cm³/mol. The van der Waals surface area contributed by atoms with Gasteiger partial charge >= 0.3 is 0 Å². The largest absolute Gasteiger partial charge is 0.497 e. The number of anilines is 1. The van der Waals surface area contributed by atoms with Crippen molar-refractivity contribution in [3.63, 3.8) is 0 Å². The molecule has 0 N–H and O–H groups in total. The first-order valence-corrected chi connectivity index (χ1v) is 10.6. The Hall–Kier alpha value is -3.00. The molecule has 5 heteroatoms. The summed E-state index contributed by atoms with van der Waals surface area (Å²) in [5.41, 5.74) is 9.28. The molecule has 3 heterocycles. The highest BCUT2D eigenvalue weighted by Crippen LogP contribution is 2.38. The van der Waals surface area contributed by atoms with Crippen LogP contribution in [0.1, 0.15) is 40.9 Å². The highest BCUT2D eigenvalue weighted by atomic mass is 16.5. The molecule has 0 aliphatic carbocycles. The highest BCUT2D eigenvalue weighted by Gasteiger charge is 2.25. The molecule has 0 amide bonds. The van der Waals surface area contributed by atoms with Gasteiger partial charge in [-0.15, -0.1) is 0 Å². The minimum absolute atomic E-state index is 0.178. The predicted octanol–water partition coefficient (Wildman–Crippen LogP) is 5.32. The second-order valence-corrected chi connectivity index (χ2v) is 8.53. The molecule has 3 aromatic rings. The first-order chi connectivity index (χ1) is 14.3. The molecule has 1 aromatic carbocycles. The van der Waals surface area contributed by atoms with Gasteiger partial charge in [-0.3, -0.25) is 4.57 Å². The Bertz CT molecular complexity index is 1140. The van der Waals surface area contributed by atoms with Crippen molar-refractivity contribution in [3.05, 3.63) is 46.3 Å². The molecule has 0 bridgehead atoms. The Morgan fingerprint density at radius 3 is 2.23 bits per heavy atom. The van der Waals surface area contributed by atoms with Crippen LogP contribution in [0.2, 0.25) is 0 Å². The quantitative estimate of drug-likeness (QED) is 0.595. The van der Waals surface area contributed by atoms with Crippen LogP contribution >= 0.6 is 0 Å². The van der Waals surface area contributed by atoms with Crippen molar-refractivity contribution in [2.24, 2.45) is 5.92 Å². The van der Waals surface area contributed by atoms with E-state index in [0.717, 1.165) is 43.0 Å². The van der Waals surface area contributed by atoms with Gasteiger partial charge in [0, 0.05) is 41.5 Å². The number of pyridine rings is 1. The number of aryl methyl sites for hydroxylation is 4. The molecule has 1 aliphatic heterocycles. The maximum Gasteiger partial charge on any atom is 0.147 e. The fraction of sp³-hybridized carbons (Fsp3) is 0.440. The molecule has 1 saturated heterocycles. The minimum Gasteiger partial charge on any atom is -0.497 e. The Morgan fingerprint density at radius 1 is 1.03 bits per heavy atom. The number of nitrogens with zero attached hydrogens (tertiary/aromatic N) is 4. The number of fused-ring (bicyclic) bond motifs is 1. The van der Waals surface area contributed by atoms with Gasteiger partial charge in [0.2, 0.25) is 0 Å².